The fraction of sp³-hybridized carbons (Fsp3) is 0.278. The minimum absolute atomic E-state index is 0.0361. The molecule has 0 radical (unpaired) electrons. The fourth-order valence-corrected chi connectivity index (χ4v) is 2.73. The molecule has 2 aromatic rings. The predicted molar refractivity (Wildman–Crippen MR) is 94.0 cm³/mol. The Bertz CT molecular complexity index is 628. The molecular weight excluding hydrogens is 310 g/mol. The third-order valence-electron chi connectivity index (χ3n) is 3.18. The van der Waals surface area contributed by atoms with Gasteiger partial charge in [0.25, 0.3) is 5.91 Å². The van der Waals surface area contributed by atoms with E-state index in [2.05, 4.69) is 36.5 Å². The van der Waals surface area contributed by atoms with Gasteiger partial charge in [-0.05, 0) is 24.6 Å². The molecule has 0 aromatic heterocycles. The van der Waals surface area contributed by atoms with Crippen molar-refractivity contribution in [3.8, 4) is 11.5 Å². The van der Waals surface area contributed by atoms with Gasteiger partial charge in [-0.25, -0.2) is 0 Å². The molecule has 2 N–H and O–H groups in total. The van der Waals surface area contributed by atoms with Crippen LogP contribution in [0.5, 0.6) is 11.5 Å². The van der Waals surface area contributed by atoms with Crippen molar-refractivity contribution >= 4 is 17.7 Å². The van der Waals surface area contributed by atoms with Crippen LogP contribution in [0.1, 0.15) is 11.1 Å². The molecule has 0 heterocycles. The van der Waals surface area contributed by atoms with E-state index in [9.17, 15) is 9.90 Å². The van der Waals surface area contributed by atoms with Crippen molar-refractivity contribution in [3.63, 3.8) is 0 Å². The highest BCUT2D eigenvalue weighted by molar-refractivity contribution is 7.98. The predicted octanol–water partition coefficient (Wildman–Crippen LogP) is 3.13. The van der Waals surface area contributed by atoms with E-state index in [1.165, 1.54) is 17.2 Å². The molecular formula is C18H21NO3S. The van der Waals surface area contributed by atoms with Crippen LogP contribution in [-0.2, 0) is 10.5 Å². The van der Waals surface area contributed by atoms with Crippen LogP contribution in [0.25, 0.3) is 0 Å². The van der Waals surface area contributed by atoms with Gasteiger partial charge < -0.3 is 15.2 Å². The first-order valence-corrected chi connectivity index (χ1v) is 8.61. The lowest BCUT2D eigenvalue weighted by Gasteiger charge is -2.08. The zero-order valence-corrected chi connectivity index (χ0v) is 13.9. The molecule has 0 saturated heterocycles. The van der Waals surface area contributed by atoms with Crippen LogP contribution in [0, 0.1) is 6.92 Å². The first kappa shape index (κ1) is 17.2. The number of phenols is 1. The number of aryl methyl sites for hydroxylation is 1. The Hall–Kier alpha value is -2.14. The molecule has 0 unspecified atom stereocenters. The molecule has 0 spiro atoms. The first-order chi connectivity index (χ1) is 11.1. The Balaban J connectivity index is 1.58. The number of hydrogen-bond donors (Lipinski definition) is 2. The number of phenolic OH excluding ortho intramolecular Hbond substituents is 1. The average molecular weight is 331 g/mol. The highest BCUT2D eigenvalue weighted by Crippen LogP contribution is 2.23. The summed E-state index contributed by atoms with van der Waals surface area (Å²) in [5.74, 6) is 1.94. The largest absolute Gasteiger partial charge is 0.504 e. The van der Waals surface area contributed by atoms with E-state index in [0.29, 0.717) is 12.3 Å². The van der Waals surface area contributed by atoms with Crippen molar-refractivity contribution in [2.45, 2.75) is 12.7 Å². The second-order valence-corrected chi connectivity index (χ2v) is 6.25. The van der Waals surface area contributed by atoms with E-state index in [1.54, 1.807) is 30.0 Å². The number of ether oxygens (including phenoxy) is 1. The SMILES string of the molecule is Cc1ccc(CSCCNC(=O)COc2ccccc2O)cc1. The molecule has 0 atom stereocenters. The third-order valence-corrected chi connectivity index (χ3v) is 4.21. The molecule has 2 rings (SSSR count). The number of aromatic hydroxyl groups is 1. The lowest BCUT2D eigenvalue weighted by Crippen LogP contribution is -2.30. The molecule has 0 aliphatic heterocycles. The molecule has 5 heteroatoms. The zero-order valence-electron chi connectivity index (χ0n) is 13.1. The summed E-state index contributed by atoms with van der Waals surface area (Å²) in [5.41, 5.74) is 2.55. The molecule has 0 aliphatic rings. The molecule has 1 amide bonds. The number of nitrogens with one attached hydrogen (secondary N) is 1. The summed E-state index contributed by atoms with van der Waals surface area (Å²) in [7, 11) is 0. The Morgan fingerprint density at radius 2 is 1.91 bits per heavy atom. The Morgan fingerprint density at radius 3 is 2.65 bits per heavy atom. The first-order valence-electron chi connectivity index (χ1n) is 7.46. The quantitative estimate of drug-likeness (QED) is 0.730. The molecule has 23 heavy (non-hydrogen) atoms. The lowest BCUT2D eigenvalue weighted by atomic mass is 10.2. The van der Waals surface area contributed by atoms with Crippen molar-refractivity contribution in [2.24, 2.45) is 0 Å². The molecule has 0 saturated carbocycles. The highest BCUT2D eigenvalue weighted by atomic mass is 32.2. The molecule has 122 valence electrons. The summed E-state index contributed by atoms with van der Waals surface area (Å²) in [6.45, 7) is 2.57. The molecule has 0 aliphatic carbocycles. The number of carbonyl (C=O) groups is 1. The van der Waals surface area contributed by atoms with Crippen LogP contribution in [0.15, 0.2) is 48.5 Å². The highest BCUT2D eigenvalue weighted by Gasteiger charge is 2.05. The van der Waals surface area contributed by atoms with Crippen LogP contribution in [0.4, 0.5) is 0 Å². The van der Waals surface area contributed by atoms with Crippen molar-refractivity contribution in [1.82, 2.24) is 5.32 Å². The maximum Gasteiger partial charge on any atom is 0.257 e. The van der Waals surface area contributed by atoms with E-state index in [4.69, 9.17) is 4.74 Å². The number of thioether (sulfide) groups is 1. The average Bonchev–Trinajstić information content (AvgIpc) is 2.55. The summed E-state index contributed by atoms with van der Waals surface area (Å²) >= 11 is 1.78. The van der Waals surface area contributed by atoms with Crippen molar-refractivity contribution in [1.29, 1.82) is 0 Å². The number of carbonyl (C=O) groups excluding carboxylic acids is 1. The van der Waals surface area contributed by atoms with E-state index in [0.717, 1.165) is 11.5 Å². The second kappa shape index (κ2) is 9.10. The van der Waals surface area contributed by atoms with Gasteiger partial charge >= 0.3 is 0 Å². The van der Waals surface area contributed by atoms with Crippen LogP contribution >= 0.6 is 11.8 Å². The van der Waals surface area contributed by atoms with E-state index < -0.39 is 0 Å². The van der Waals surface area contributed by atoms with Crippen LogP contribution in [-0.4, -0.2) is 29.9 Å². The van der Waals surface area contributed by atoms with Crippen molar-refractivity contribution in [3.05, 3.63) is 59.7 Å². The number of amides is 1. The Kier molecular flexibility index (Phi) is 6.81. The smallest absolute Gasteiger partial charge is 0.257 e. The number of benzene rings is 2. The van der Waals surface area contributed by atoms with Gasteiger partial charge in [-0.3, -0.25) is 4.79 Å². The van der Waals surface area contributed by atoms with Gasteiger partial charge in [0.1, 0.15) is 0 Å². The molecule has 4 nitrogen and oxygen atoms in total. The van der Waals surface area contributed by atoms with Gasteiger partial charge in [-0.1, -0.05) is 42.0 Å². The number of hydrogen-bond acceptors (Lipinski definition) is 4. The van der Waals surface area contributed by atoms with Crippen molar-refractivity contribution < 1.29 is 14.6 Å². The van der Waals surface area contributed by atoms with E-state index in [-0.39, 0.29) is 18.3 Å². The summed E-state index contributed by atoms with van der Waals surface area (Å²) in [4.78, 5) is 11.7. The minimum atomic E-state index is -0.191. The molecule has 0 fully saturated rings. The summed E-state index contributed by atoms with van der Waals surface area (Å²) in [6.07, 6.45) is 0. The fourth-order valence-electron chi connectivity index (χ4n) is 1.91. The lowest BCUT2D eigenvalue weighted by molar-refractivity contribution is -0.122. The topological polar surface area (TPSA) is 58.6 Å². The molecule has 2 aromatic carbocycles. The standard InChI is InChI=1S/C18H21NO3S/c1-14-6-8-15(9-7-14)13-23-11-10-19-18(21)12-22-17-5-3-2-4-16(17)20/h2-9,20H,10-13H2,1H3,(H,19,21). The molecule has 0 bridgehead atoms. The maximum atomic E-state index is 11.7. The van der Waals surface area contributed by atoms with Crippen LogP contribution in [0.3, 0.4) is 0 Å². The Morgan fingerprint density at radius 1 is 1.17 bits per heavy atom. The summed E-state index contributed by atoms with van der Waals surface area (Å²) in [5, 5.41) is 12.3. The monoisotopic (exact) mass is 331 g/mol. The van der Waals surface area contributed by atoms with E-state index >= 15 is 0 Å². The van der Waals surface area contributed by atoms with Gasteiger partial charge in [-0.2, -0.15) is 11.8 Å². The maximum absolute atomic E-state index is 11.7. The van der Waals surface area contributed by atoms with Gasteiger partial charge in [0.15, 0.2) is 18.1 Å². The third kappa shape index (κ3) is 6.24. The zero-order chi connectivity index (χ0) is 16.5. The van der Waals surface area contributed by atoms with Gasteiger partial charge in [-0.15, -0.1) is 0 Å². The normalized spacial score (nSPS) is 10.3. The number of para-hydroxylation sites is 2. The minimum Gasteiger partial charge on any atom is -0.504 e. The number of rotatable bonds is 8. The van der Waals surface area contributed by atoms with Gasteiger partial charge in [0.05, 0.1) is 0 Å². The van der Waals surface area contributed by atoms with Gasteiger partial charge in [0, 0.05) is 18.1 Å². The summed E-state index contributed by atoms with van der Waals surface area (Å²) in [6, 6.07) is 15.1. The van der Waals surface area contributed by atoms with Crippen molar-refractivity contribution in [2.75, 3.05) is 18.9 Å². The van der Waals surface area contributed by atoms with E-state index in [1.807, 2.05) is 0 Å². The van der Waals surface area contributed by atoms with Crippen LogP contribution in [0.2, 0.25) is 0 Å². The van der Waals surface area contributed by atoms with Crippen LogP contribution < -0.4 is 10.1 Å². The van der Waals surface area contributed by atoms with Gasteiger partial charge in [0.2, 0.25) is 0 Å². The second-order valence-electron chi connectivity index (χ2n) is 5.14. The Labute approximate surface area is 140 Å². The summed E-state index contributed by atoms with van der Waals surface area (Å²) < 4.78 is 5.27.